The number of carbonyl (C=O) groups is 2. The maximum atomic E-state index is 10.4. The molecule has 0 aliphatic rings. The van der Waals surface area contributed by atoms with Crippen molar-refractivity contribution >= 4 is 11.9 Å². The highest BCUT2D eigenvalue weighted by atomic mass is 16.4. The second kappa shape index (κ2) is 2.99. The average Bonchev–Trinajstić information content (AvgIpc) is 2.33. The van der Waals surface area contributed by atoms with E-state index in [1.807, 2.05) is 0 Å². The summed E-state index contributed by atoms with van der Waals surface area (Å²) in [4.78, 5) is 20.8. The van der Waals surface area contributed by atoms with Gasteiger partial charge in [0.15, 0.2) is 5.69 Å². The Hall–Kier alpha value is -1.92. The summed E-state index contributed by atoms with van der Waals surface area (Å²) in [6.45, 7) is -0.276. The Labute approximate surface area is 66.8 Å². The molecule has 0 spiro atoms. The van der Waals surface area contributed by atoms with Crippen molar-refractivity contribution in [2.75, 3.05) is 0 Å². The summed E-state index contributed by atoms with van der Waals surface area (Å²) in [6, 6.07) is 0. The van der Waals surface area contributed by atoms with Gasteiger partial charge in [-0.05, 0) is 0 Å². The first-order valence-corrected chi connectivity index (χ1v) is 3.01. The molecule has 64 valence electrons. The van der Waals surface area contributed by atoms with E-state index in [1.54, 1.807) is 0 Å². The Morgan fingerprint density at radius 3 is 2.83 bits per heavy atom. The Morgan fingerprint density at radius 2 is 2.33 bits per heavy atom. The molecule has 7 nitrogen and oxygen atoms in total. The van der Waals surface area contributed by atoms with E-state index in [1.165, 1.54) is 0 Å². The van der Waals surface area contributed by atoms with Crippen molar-refractivity contribution in [3.8, 4) is 0 Å². The number of carbonyl (C=O) groups excluding carboxylic acids is 1. The Morgan fingerprint density at radius 1 is 1.67 bits per heavy atom. The van der Waals surface area contributed by atoms with Gasteiger partial charge in [0.25, 0.3) is 0 Å². The van der Waals surface area contributed by atoms with Crippen LogP contribution >= 0.6 is 0 Å². The molecule has 0 unspecified atom stereocenters. The van der Waals surface area contributed by atoms with E-state index in [0.29, 0.717) is 0 Å². The first-order chi connectivity index (χ1) is 5.61. The van der Waals surface area contributed by atoms with Crippen LogP contribution in [0.15, 0.2) is 6.20 Å². The van der Waals surface area contributed by atoms with Gasteiger partial charge < -0.3 is 10.8 Å². The van der Waals surface area contributed by atoms with E-state index in [9.17, 15) is 9.59 Å². The van der Waals surface area contributed by atoms with Gasteiger partial charge in [-0.25, -0.2) is 9.48 Å². The fourth-order valence-electron chi connectivity index (χ4n) is 0.688. The van der Waals surface area contributed by atoms with Gasteiger partial charge in [0, 0.05) is 0 Å². The van der Waals surface area contributed by atoms with Crippen molar-refractivity contribution in [3.63, 3.8) is 0 Å². The number of hydrogen-bond acceptors (Lipinski definition) is 4. The van der Waals surface area contributed by atoms with Crippen LogP contribution in [0.5, 0.6) is 0 Å². The molecule has 0 fully saturated rings. The number of amides is 1. The molecule has 1 rings (SSSR count). The van der Waals surface area contributed by atoms with E-state index in [0.717, 1.165) is 10.9 Å². The highest BCUT2D eigenvalue weighted by Crippen LogP contribution is 1.94. The summed E-state index contributed by atoms with van der Waals surface area (Å²) in [6.07, 6.45) is 1.05. The summed E-state index contributed by atoms with van der Waals surface area (Å²) in [5, 5.41) is 15.2. The van der Waals surface area contributed by atoms with Crippen molar-refractivity contribution in [1.82, 2.24) is 15.0 Å². The van der Waals surface area contributed by atoms with Crippen LogP contribution in [-0.4, -0.2) is 32.0 Å². The molecule has 12 heavy (non-hydrogen) atoms. The zero-order valence-electron chi connectivity index (χ0n) is 5.97. The minimum Gasteiger partial charge on any atom is -0.476 e. The number of nitrogens with zero attached hydrogens (tertiary/aromatic N) is 3. The molecule has 0 bridgehead atoms. The summed E-state index contributed by atoms with van der Waals surface area (Å²) in [5.41, 5.74) is 4.67. The molecule has 0 aliphatic carbocycles. The molecule has 0 aromatic carbocycles. The van der Waals surface area contributed by atoms with Gasteiger partial charge in [0.05, 0.1) is 6.20 Å². The Bertz CT molecular complexity index is 318. The molecular weight excluding hydrogens is 164 g/mol. The predicted octanol–water partition coefficient (Wildman–Crippen LogP) is -1.54. The maximum Gasteiger partial charge on any atom is 0.355 e. The SMILES string of the molecule is NC(=O)Cn1nncc1C(=O)O. The molecule has 0 saturated heterocycles. The van der Waals surface area contributed by atoms with E-state index in [2.05, 4.69) is 10.3 Å². The fraction of sp³-hybridized carbons (Fsp3) is 0.200. The van der Waals surface area contributed by atoms with Crippen LogP contribution in [0.4, 0.5) is 0 Å². The van der Waals surface area contributed by atoms with E-state index >= 15 is 0 Å². The smallest absolute Gasteiger partial charge is 0.355 e. The van der Waals surface area contributed by atoms with E-state index in [4.69, 9.17) is 10.8 Å². The fourth-order valence-corrected chi connectivity index (χ4v) is 0.688. The Balaban J connectivity index is 2.91. The quantitative estimate of drug-likeness (QED) is 0.571. The van der Waals surface area contributed by atoms with Crippen LogP contribution < -0.4 is 5.73 Å². The van der Waals surface area contributed by atoms with Crippen LogP contribution in [0.3, 0.4) is 0 Å². The third-order valence-electron chi connectivity index (χ3n) is 1.14. The zero-order valence-corrected chi connectivity index (χ0v) is 5.97. The van der Waals surface area contributed by atoms with Crippen molar-refractivity contribution in [3.05, 3.63) is 11.9 Å². The Kier molecular flexibility index (Phi) is 2.04. The van der Waals surface area contributed by atoms with Gasteiger partial charge in [-0.15, -0.1) is 5.10 Å². The first kappa shape index (κ1) is 8.18. The summed E-state index contributed by atoms with van der Waals surface area (Å²) < 4.78 is 0.921. The molecule has 1 amide bonds. The number of rotatable bonds is 3. The normalized spacial score (nSPS) is 9.67. The largest absolute Gasteiger partial charge is 0.476 e. The standard InChI is InChI=1S/C5H6N4O3/c6-4(10)2-9-3(5(11)12)1-7-8-9/h1H,2H2,(H2,6,10)(H,11,12). The number of primary amides is 1. The van der Waals surface area contributed by atoms with Gasteiger partial charge >= 0.3 is 5.97 Å². The summed E-state index contributed by atoms with van der Waals surface area (Å²) in [5.74, 6) is -1.86. The van der Waals surface area contributed by atoms with E-state index < -0.39 is 11.9 Å². The van der Waals surface area contributed by atoms with E-state index in [-0.39, 0.29) is 12.2 Å². The number of aromatic nitrogens is 3. The summed E-state index contributed by atoms with van der Waals surface area (Å²) in [7, 11) is 0. The second-order valence-electron chi connectivity index (χ2n) is 2.05. The monoisotopic (exact) mass is 170 g/mol. The number of carboxylic acids is 1. The van der Waals surface area contributed by atoms with Crippen LogP contribution in [0.1, 0.15) is 10.5 Å². The van der Waals surface area contributed by atoms with Crippen LogP contribution in [-0.2, 0) is 11.3 Å². The van der Waals surface area contributed by atoms with Crippen molar-refractivity contribution in [1.29, 1.82) is 0 Å². The predicted molar refractivity (Wildman–Crippen MR) is 36.2 cm³/mol. The molecule has 0 radical (unpaired) electrons. The highest BCUT2D eigenvalue weighted by molar-refractivity contribution is 5.85. The average molecular weight is 170 g/mol. The lowest BCUT2D eigenvalue weighted by atomic mass is 10.4. The van der Waals surface area contributed by atoms with Crippen molar-refractivity contribution < 1.29 is 14.7 Å². The molecule has 0 atom stereocenters. The molecule has 7 heteroatoms. The van der Waals surface area contributed by atoms with Gasteiger partial charge in [-0.2, -0.15) is 0 Å². The lowest BCUT2D eigenvalue weighted by molar-refractivity contribution is -0.118. The van der Waals surface area contributed by atoms with Gasteiger partial charge in [-0.3, -0.25) is 4.79 Å². The van der Waals surface area contributed by atoms with Gasteiger partial charge in [0.2, 0.25) is 5.91 Å². The van der Waals surface area contributed by atoms with Crippen molar-refractivity contribution in [2.24, 2.45) is 5.73 Å². The van der Waals surface area contributed by atoms with Gasteiger partial charge in [-0.1, -0.05) is 5.21 Å². The zero-order chi connectivity index (χ0) is 9.14. The third kappa shape index (κ3) is 1.57. The molecule has 1 aromatic heterocycles. The number of carboxylic acid groups (broad SMARTS) is 1. The van der Waals surface area contributed by atoms with Gasteiger partial charge in [0.1, 0.15) is 6.54 Å². The highest BCUT2D eigenvalue weighted by Gasteiger charge is 2.12. The first-order valence-electron chi connectivity index (χ1n) is 3.01. The maximum absolute atomic E-state index is 10.4. The lowest BCUT2D eigenvalue weighted by Gasteiger charge is -1.97. The molecule has 1 aromatic rings. The van der Waals surface area contributed by atoms with Crippen LogP contribution in [0.25, 0.3) is 0 Å². The molecule has 0 aliphatic heterocycles. The number of nitrogens with two attached hydrogens (primary N) is 1. The van der Waals surface area contributed by atoms with Crippen LogP contribution in [0.2, 0.25) is 0 Å². The lowest BCUT2D eigenvalue weighted by Crippen LogP contribution is -2.22. The second-order valence-corrected chi connectivity index (χ2v) is 2.05. The number of aromatic carboxylic acids is 1. The minimum atomic E-state index is -1.19. The molecule has 1 heterocycles. The topological polar surface area (TPSA) is 111 Å². The summed E-state index contributed by atoms with van der Waals surface area (Å²) >= 11 is 0. The molecule has 3 N–H and O–H groups in total. The molecular formula is C5H6N4O3. The molecule has 0 saturated carbocycles. The number of hydrogen-bond donors (Lipinski definition) is 2. The van der Waals surface area contributed by atoms with Crippen molar-refractivity contribution in [2.45, 2.75) is 6.54 Å². The third-order valence-corrected chi connectivity index (χ3v) is 1.14. The van der Waals surface area contributed by atoms with Crippen LogP contribution in [0, 0.1) is 0 Å². The minimum absolute atomic E-state index is 0.159.